The highest BCUT2D eigenvalue weighted by atomic mass is 35.5. The quantitative estimate of drug-likeness (QED) is 0.388. The number of hydrogen-bond acceptors (Lipinski definition) is 7. The van der Waals surface area contributed by atoms with Crippen molar-refractivity contribution in [3.63, 3.8) is 0 Å². The van der Waals surface area contributed by atoms with Crippen molar-refractivity contribution in [2.75, 3.05) is 31.2 Å². The van der Waals surface area contributed by atoms with Crippen molar-refractivity contribution in [2.45, 2.75) is 13.5 Å². The van der Waals surface area contributed by atoms with Crippen LogP contribution in [0, 0.1) is 6.92 Å². The van der Waals surface area contributed by atoms with Gasteiger partial charge >= 0.3 is 0 Å². The number of carbonyl (C=O) groups is 1. The monoisotopic (exact) mass is 512 g/mol. The number of fused-ring (bicyclic) bond motifs is 1. The number of thioether (sulfide) groups is 1. The van der Waals surface area contributed by atoms with Gasteiger partial charge in [-0.1, -0.05) is 59.8 Å². The summed E-state index contributed by atoms with van der Waals surface area (Å²) < 4.78 is 7.43. The highest BCUT2D eigenvalue weighted by molar-refractivity contribution is 8.26. The van der Waals surface area contributed by atoms with E-state index in [9.17, 15) is 9.59 Å². The van der Waals surface area contributed by atoms with E-state index in [2.05, 4.69) is 0 Å². The fraction of sp³-hybridized carbons (Fsp3) is 0.250. The van der Waals surface area contributed by atoms with Crippen molar-refractivity contribution < 1.29 is 9.53 Å². The first-order valence-electron chi connectivity index (χ1n) is 10.8. The molecule has 2 saturated heterocycles. The molecule has 174 valence electrons. The number of thiocarbonyl (C=S) groups is 1. The van der Waals surface area contributed by atoms with Crippen molar-refractivity contribution in [1.82, 2.24) is 14.3 Å². The van der Waals surface area contributed by atoms with Crippen LogP contribution in [0.3, 0.4) is 0 Å². The molecule has 0 saturated carbocycles. The Morgan fingerprint density at radius 3 is 2.71 bits per heavy atom. The van der Waals surface area contributed by atoms with Crippen molar-refractivity contribution in [3.05, 3.63) is 79.6 Å². The molecule has 0 spiro atoms. The largest absolute Gasteiger partial charge is 0.378 e. The summed E-state index contributed by atoms with van der Waals surface area (Å²) in [6, 6.07) is 11.1. The van der Waals surface area contributed by atoms with Crippen molar-refractivity contribution in [1.29, 1.82) is 0 Å². The van der Waals surface area contributed by atoms with E-state index in [1.165, 1.54) is 21.1 Å². The van der Waals surface area contributed by atoms with E-state index in [0.29, 0.717) is 57.6 Å². The highest BCUT2D eigenvalue weighted by Crippen LogP contribution is 2.35. The molecule has 3 aromatic rings. The topological polar surface area (TPSA) is 67.2 Å². The molecule has 2 aliphatic rings. The lowest BCUT2D eigenvalue weighted by molar-refractivity contribution is -0.122. The standard InChI is InChI=1S/C24H21ClN4O3S2/c1-15-5-4-8-28-20(15)26-21(27-9-11-32-12-10-27)17(22(28)30)13-19-23(31)29(24(33)34-19)14-16-6-2-3-7-18(16)25/h2-8,13H,9-12,14H2,1H3. The molecule has 0 N–H and O–H groups in total. The van der Waals surface area contributed by atoms with Gasteiger partial charge in [-0.3, -0.25) is 18.9 Å². The summed E-state index contributed by atoms with van der Waals surface area (Å²) in [4.78, 5) is 35.7. The van der Waals surface area contributed by atoms with Crippen molar-refractivity contribution in [2.24, 2.45) is 0 Å². The van der Waals surface area contributed by atoms with Crippen LogP contribution in [0.1, 0.15) is 16.7 Å². The fourth-order valence-electron chi connectivity index (χ4n) is 4.01. The minimum absolute atomic E-state index is 0.230. The number of ether oxygens (including phenoxy) is 1. The van der Waals surface area contributed by atoms with Crippen LogP contribution in [-0.2, 0) is 16.1 Å². The summed E-state index contributed by atoms with van der Waals surface area (Å²) in [6.07, 6.45) is 3.32. The van der Waals surface area contributed by atoms with Crippen LogP contribution in [-0.4, -0.2) is 50.8 Å². The third-order valence-electron chi connectivity index (χ3n) is 5.81. The summed E-state index contributed by atoms with van der Waals surface area (Å²) in [5.74, 6) is 0.301. The Labute approximate surface area is 211 Å². The molecular formula is C24H21ClN4O3S2. The predicted molar refractivity (Wildman–Crippen MR) is 139 cm³/mol. The second kappa shape index (κ2) is 9.50. The van der Waals surface area contributed by atoms with E-state index in [0.717, 1.165) is 11.1 Å². The first-order chi connectivity index (χ1) is 16.4. The number of benzene rings is 1. The number of aromatic nitrogens is 2. The molecule has 10 heteroatoms. The van der Waals surface area contributed by atoms with E-state index in [1.807, 2.05) is 42.2 Å². The fourth-order valence-corrected chi connectivity index (χ4v) is 5.44. The van der Waals surface area contributed by atoms with Crippen LogP contribution < -0.4 is 10.5 Å². The van der Waals surface area contributed by atoms with Gasteiger partial charge in [0.05, 0.1) is 30.2 Å². The van der Waals surface area contributed by atoms with E-state index in [-0.39, 0.29) is 18.0 Å². The summed E-state index contributed by atoms with van der Waals surface area (Å²) in [6.45, 7) is 4.52. The zero-order chi connectivity index (χ0) is 23.8. The molecule has 5 rings (SSSR count). The summed E-state index contributed by atoms with van der Waals surface area (Å²) in [5, 5.41) is 0.572. The number of carbonyl (C=O) groups excluding carboxylic acids is 1. The lowest BCUT2D eigenvalue weighted by atomic mass is 10.2. The molecule has 2 fully saturated rings. The smallest absolute Gasteiger partial charge is 0.267 e. The van der Waals surface area contributed by atoms with Crippen LogP contribution in [0.4, 0.5) is 5.82 Å². The second-order valence-corrected chi connectivity index (χ2v) is 10.1. The van der Waals surface area contributed by atoms with Gasteiger partial charge in [-0.05, 0) is 36.3 Å². The van der Waals surface area contributed by atoms with Crippen LogP contribution in [0.2, 0.25) is 5.02 Å². The molecule has 34 heavy (non-hydrogen) atoms. The number of halogens is 1. The number of aryl methyl sites for hydroxylation is 1. The molecule has 0 radical (unpaired) electrons. The molecular weight excluding hydrogens is 492 g/mol. The Balaban J connectivity index is 1.58. The maximum Gasteiger partial charge on any atom is 0.267 e. The van der Waals surface area contributed by atoms with Gasteiger partial charge in [0.1, 0.15) is 15.8 Å². The van der Waals surface area contributed by atoms with Crippen LogP contribution in [0.5, 0.6) is 0 Å². The lowest BCUT2D eigenvalue weighted by Crippen LogP contribution is -2.38. The van der Waals surface area contributed by atoms with Gasteiger partial charge in [0.25, 0.3) is 11.5 Å². The molecule has 1 aromatic carbocycles. The van der Waals surface area contributed by atoms with Crippen LogP contribution >= 0.6 is 35.6 Å². The Kier molecular flexibility index (Phi) is 6.44. The average Bonchev–Trinajstić information content (AvgIpc) is 3.10. The average molecular weight is 513 g/mol. The van der Waals surface area contributed by atoms with Gasteiger partial charge in [-0.15, -0.1) is 0 Å². The molecule has 1 amide bonds. The molecule has 0 aliphatic carbocycles. The Morgan fingerprint density at radius 1 is 1.18 bits per heavy atom. The van der Waals surface area contributed by atoms with Crippen LogP contribution in [0.25, 0.3) is 11.7 Å². The van der Waals surface area contributed by atoms with Crippen LogP contribution in [0.15, 0.2) is 52.3 Å². The molecule has 2 aliphatic heterocycles. The zero-order valence-corrected chi connectivity index (χ0v) is 20.8. The van der Waals surface area contributed by atoms with E-state index in [1.54, 1.807) is 18.3 Å². The minimum atomic E-state index is -0.253. The molecule has 0 bridgehead atoms. The number of anilines is 1. The molecule has 0 unspecified atom stereocenters. The number of pyridine rings is 1. The Hall–Kier alpha value is -2.72. The molecule has 4 heterocycles. The van der Waals surface area contributed by atoms with Gasteiger partial charge in [-0.2, -0.15) is 0 Å². The maximum absolute atomic E-state index is 13.6. The minimum Gasteiger partial charge on any atom is -0.378 e. The summed E-state index contributed by atoms with van der Waals surface area (Å²) >= 11 is 13.0. The number of rotatable bonds is 4. The third-order valence-corrected chi connectivity index (χ3v) is 7.56. The SMILES string of the molecule is Cc1cccn2c(=O)c(C=C3SC(=S)N(Cc4ccccc4Cl)C3=O)c(N3CCOCC3)nc12. The third kappa shape index (κ3) is 4.24. The molecule has 7 nitrogen and oxygen atoms in total. The first-order valence-corrected chi connectivity index (χ1v) is 12.4. The maximum atomic E-state index is 13.6. The molecule has 0 atom stereocenters. The Bertz CT molecular complexity index is 1400. The van der Waals surface area contributed by atoms with Crippen molar-refractivity contribution >= 4 is 63.3 Å². The van der Waals surface area contributed by atoms with E-state index < -0.39 is 0 Å². The number of nitrogens with zero attached hydrogens (tertiary/aromatic N) is 4. The van der Waals surface area contributed by atoms with Gasteiger partial charge in [-0.25, -0.2) is 4.98 Å². The number of hydrogen-bond donors (Lipinski definition) is 0. The van der Waals surface area contributed by atoms with Gasteiger partial charge in [0, 0.05) is 24.3 Å². The van der Waals surface area contributed by atoms with Gasteiger partial charge in [0.15, 0.2) is 0 Å². The van der Waals surface area contributed by atoms with E-state index in [4.69, 9.17) is 33.5 Å². The first kappa shape index (κ1) is 23.0. The number of amides is 1. The van der Waals surface area contributed by atoms with Gasteiger partial charge < -0.3 is 9.64 Å². The summed E-state index contributed by atoms with van der Waals surface area (Å²) in [5.41, 5.74) is 2.43. The molecule has 2 aromatic heterocycles. The zero-order valence-electron chi connectivity index (χ0n) is 18.4. The highest BCUT2D eigenvalue weighted by Gasteiger charge is 2.33. The Morgan fingerprint density at radius 2 is 1.94 bits per heavy atom. The number of morpholine rings is 1. The van der Waals surface area contributed by atoms with Gasteiger partial charge in [0.2, 0.25) is 0 Å². The van der Waals surface area contributed by atoms with E-state index >= 15 is 0 Å². The predicted octanol–water partition coefficient (Wildman–Crippen LogP) is 3.89. The van der Waals surface area contributed by atoms with Crippen molar-refractivity contribution in [3.8, 4) is 0 Å². The normalized spacial score (nSPS) is 17.9. The lowest BCUT2D eigenvalue weighted by Gasteiger charge is -2.29. The second-order valence-electron chi connectivity index (χ2n) is 8.00. The summed E-state index contributed by atoms with van der Waals surface area (Å²) in [7, 11) is 0.